The van der Waals surface area contributed by atoms with Crippen LogP contribution < -0.4 is 16.4 Å². The number of phenols is 1. The Morgan fingerprint density at radius 2 is 1.90 bits per heavy atom. The third-order valence-electron chi connectivity index (χ3n) is 4.75. The maximum atomic E-state index is 12.4. The van der Waals surface area contributed by atoms with E-state index in [4.69, 9.17) is 10.8 Å². The molecule has 1 aliphatic rings. The number of aliphatic carboxylic acids is 1. The average Bonchev–Trinajstić information content (AvgIpc) is 3.17. The zero-order valence-electron chi connectivity index (χ0n) is 16.1. The van der Waals surface area contributed by atoms with Crippen molar-refractivity contribution in [2.45, 2.75) is 44.3 Å². The zero-order chi connectivity index (χ0) is 21.6. The van der Waals surface area contributed by atoms with Gasteiger partial charge in [0.2, 0.25) is 17.7 Å². The molecule has 10 nitrogen and oxygen atoms in total. The van der Waals surface area contributed by atoms with Crippen LogP contribution in [0.5, 0.6) is 5.75 Å². The van der Waals surface area contributed by atoms with Gasteiger partial charge in [-0.2, -0.15) is 0 Å². The van der Waals surface area contributed by atoms with Crippen molar-refractivity contribution in [1.82, 2.24) is 15.5 Å². The third kappa shape index (κ3) is 6.18. The number of carbonyl (C=O) groups excluding carboxylic acids is 3. The minimum atomic E-state index is -1.16. The SMILES string of the molecule is CC(NC(=O)C1CCCN1C(=O)CNC(=O)C(N)Cc1ccc(O)cc1)C(=O)O. The number of carbonyl (C=O) groups is 4. The highest BCUT2D eigenvalue weighted by molar-refractivity contribution is 5.92. The lowest BCUT2D eigenvalue weighted by Crippen LogP contribution is -2.52. The number of phenolic OH excluding ortho intramolecular Hbond substituents is 1. The summed E-state index contributed by atoms with van der Waals surface area (Å²) < 4.78 is 0. The van der Waals surface area contributed by atoms with E-state index in [0.29, 0.717) is 19.4 Å². The Balaban J connectivity index is 1.85. The summed E-state index contributed by atoms with van der Waals surface area (Å²) in [5, 5.41) is 23.0. The molecule has 1 saturated heterocycles. The number of nitrogens with zero attached hydrogens (tertiary/aromatic N) is 1. The van der Waals surface area contributed by atoms with Crippen LogP contribution in [0.25, 0.3) is 0 Å². The van der Waals surface area contributed by atoms with Crippen LogP contribution in [0.2, 0.25) is 0 Å². The molecule has 0 aliphatic carbocycles. The number of benzene rings is 1. The highest BCUT2D eigenvalue weighted by Gasteiger charge is 2.35. The molecule has 3 atom stereocenters. The highest BCUT2D eigenvalue weighted by atomic mass is 16.4. The van der Waals surface area contributed by atoms with Gasteiger partial charge in [0.05, 0.1) is 12.6 Å². The summed E-state index contributed by atoms with van der Waals surface area (Å²) in [6, 6.07) is 3.60. The van der Waals surface area contributed by atoms with Crippen molar-refractivity contribution in [3.8, 4) is 5.75 Å². The summed E-state index contributed by atoms with van der Waals surface area (Å²) in [4.78, 5) is 49.1. The molecule has 1 heterocycles. The number of likely N-dealkylation sites (tertiary alicyclic amines) is 1. The van der Waals surface area contributed by atoms with Gasteiger partial charge >= 0.3 is 5.97 Å². The third-order valence-corrected chi connectivity index (χ3v) is 4.75. The molecule has 1 aromatic rings. The molecular weight excluding hydrogens is 380 g/mol. The Morgan fingerprint density at radius 1 is 1.24 bits per heavy atom. The summed E-state index contributed by atoms with van der Waals surface area (Å²) in [7, 11) is 0. The molecule has 1 fully saturated rings. The van der Waals surface area contributed by atoms with Crippen molar-refractivity contribution in [2.75, 3.05) is 13.1 Å². The molecule has 3 amide bonds. The summed E-state index contributed by atoms with van der Waals surface area (Å²) in [5.41, 5.74) is 6.63. The minimum absolute atomic E-state index is 0.110. The standard InChI is InChI=1S/C19H26N4O6/c1-11(19(28)29)22-18(27)15-3-2-8-23(15)16(25)10-21-17(26)14(20)9-12-4-6-13(24)7-5-12/h4-7,11,14-15,24H,2-3,8-10,20H2,1H3,(H,21,26)(H,22,27)(H,28,29). The van der Waals surface area contributed by atoms with E-state index in [2.05, 4.69) is 10.6 Å². The predicted octanol–water partition coefficient (Wildman–Crippen LogP) is -1.04. The fourth-order valence-corrected chi connectivity index (χ4v) is 3.08. The van der Waals surface area contributed by atoms with Gasteiger partial charge in [0.25, 0.3) is 0 Å². The Bertz CT molecular complexity index is 766. The van der Waals surface area contributed by atoms with Gasteiger partial charge in [-0.1, -0.05) is 12.1 Å². The van der Waals surface area contributed by atoms with Crippen LogP contribution in [-0.2, 0) is 25.6 Å². The average molecular weight is 406 g/mol. The lowest BCUT2D eigenvalue weighted by atomic mass is 10.1. The Kier molecular flexibility index (Phi) is 7.54. The summed E-state index contributed by atoms with van der Waals surface area (Å²) in [5.74, 6) is -2.52. The van der Waals surface area contributed by atoms with Crippen LogP contribution in [0, 0.1) is 0 Å². The molecule has 6 N–H and O–H groups in total. The van der Waals surface area contributed by atoms with E-state index in [1.54, 1.807) is 12.1 Å². The molecule has 158 valence electrons. The first kappa shape index (κ1) is 22.2. The van der Waals surface area contributed by atoms with Gasteiger partial charge in [0, 0.05) is 6.54 Å². The van der Waals surface area contributed by atoms with Crippen LogP contribution in [0.4, 0.5) is 0 Å². The largest absolute Gasteiger partial charge is 0.508 e. The monoisotopic (exact) mass is 406 g/mol. The number of amides is 3. The highest BCUT2D eigenvalue weighted by Crippen LogP contribution is 2.17. The number of carboxylic acids is 1. The van der Waals surface area contributed by atoms with Crippen molar-refractivity contribution in [2.24, 2.45) is 5.73 Å². The molecule has 10 heteroatoms. The maximum absolute atomic E-state index is 12.4. The second kappa shape index (κ2) is 9.87. The molecular formula is C19H26N4O6. The number of hydrogen-bond acceptors (Lipinski definition) is 6. The van der Waals surface area contributed by atoms with Gasteiger partial charge in [0.15, 0.2) is 0 Å². The number of carboxylic acid groups (broad SMARTS) is 1. The lowest BCUT2D eigenvalue weighted by molar-refractivity contribution is -0.143. The van der Waals surface area contributed by atoms with Crippen molar-refractivity contribution < 1.29 is 29.4 Å². The first-order chi connectivity index (χ1) is 13.7. The second-order valence-corrected chi connectivity index (χ2v) is 7.01. The summed E-state index contributed by atoms with van der Waals surface area (Å²) in [6.07, 6.45) is 1.28. The normalized spacial score (nSPS) is 18.0. The number of nitrogens with one attached hydrogen (secondary N) is 2. The maximum Gasteiger partial charge on any atom is 0.325 e. The van der Waals surface area contributed by atoms with E-state index in [1.165, 1.54) is 24.0 Å². The molecule has 0 bridgehead atoms. The van der Waals surface area contributed by atoms with Crippen molar-refractivity contribution in [3.05, 3.63) is 29.8 Å². The van der Waals surface area contributed by atoms with E-state index in [1.807, 2.05) is 0 Å². The summed E-state index contributed by atoms with van der Waals surface area (Å²) >= 11 is 0. The number of rotatable bonds is 8. The molecule has 2 rings (SSSR count). The fourth-order valence-electron chi connectivity index (χ4n) is 3.08. The smallest absolute Gasteiger partial charge is 0.325 e. The number of hydrogen-bond donors (Lipinski definition) is 5. The predicted molar refractivity (Wildman–Crippen MR) is 103 cm³/mol. The van der Waals surface area contributed by atoms with Crippen LogP contribution in [0.3, 0.4) is 0 Å². The topological polar surface area (TPSA) is 162 Å². The molecule has 0 radical (unpaired) electrons. The lowest BCUT2D eigenvalue weighted by Gasteiger charge is -2.25. The Morgan fingerprint density at radius 3 is 2.52 bits per heavy atom. The van der Waals surface area contributed by atoms with Crippen molar-refractivity contribution >= 4 is 23.7 Å². The van der Waals surface area contributed by atoms with E-state index in [-0.39, 0.29) is 18.7 Å². The van der Waals surface area contributed by atoms with Gasteiger partial charge in [-0.15, -0.1) is 0 Å². The van der Waals surface area contributed by atoms with Gasteiger partial charge < -0.3 is 31.5 Å². The van der Waals surface area contributed by atoms with Gasteiger partial charge in [-0.3, -0.25) is 19.2 Å². The van der Waals surface area contributed by atoms with Gasteiger partial charge in [-0.25, -0.2) is 0 Å². The first-order valence-corrected chi connectivity index (χ1v) is 9.33. The van der Waals surface area contributed by atoms with Crippen LogP contribution >= 0.6 is 0 Å². The fraction of sp³-hybridized carbons (Fsp3) is 0.474. The van der Waals surface area contributed by atoms with Crippen LogP contribution in [0.1, 0.15) is 25.3 Å². The molecule has 0 saturated carbocycles. The molecule has 1 aromatic carbocycles. The Hall–Kier alpha value is -3.14. The van der Waals surface area contributed by atoms with Gasteiger partial charge in [-0.05, 0) is 43.9 Å². The van der Waals surface area contributed by atoms with E-state index < -0.39 is 41.8 Å². The van der Waals surface area contributed by atoms with E-state index in [0.717, 1.165) is 5.56 Å². The van der Waals surface area contributed by atoms with Crippen LogP contribution in [0.15, 0.2) is 24.3 Å². The molecule has 0 aromatic heterocycles. The molecule has 0 spiro atoms. The van der Waals surface area contributed by atoms with Crippen molar-refractivity contribution in [1.29, 1.82) is 0 Å². The molecule has 29 heavy (non-hydrogen) atoms. The number of aromatic hydroxyl groups is 1. The quantitative estimate of drug-likeness (QED) is 0.368. The number of nitrogens with two attached hydrogens (primary N) is 1. The molecule has 1 aliphatic heterocycles. The van der Waals surface area contributed by atoms with Gasteiger partial charge in [0.1, 0.15) is 17.8 Å². The molecule has 3 unspecified atom stereocenters. The first-order valence-electron chi connectivity index (χ1n) is 9.33. The van der Waals surface area contributed by atoms with Crippen LogP contribution in [-0.4, -0.2) is 70.0 Å². The zero-order valence-corrected chi connectivity index (χ0v) is 16.1. The summed E-state index contributed by atoms with van der Waals surface area (Å²) in [6.45, 7) is 1.39. The second-order valence-electron chi connectivity index (χ2n) is 7.01. The van der Waals surface area contributed by atoms with E-state index in [9.17, 15) is 24.3 Å². The van der Waals surface area contributed by atoms with E-state index >= 15 is 0 Å². The van der Waals surface area contributed by atoms with Crippen molar-refractivity contribution in [3.63, 3.8) is 0 Å². The Labute approximate surface area is 168 Å². The minimum Gasteiger partial charge on any atom is -0.508 e.